The van der Waals surface area contributed by atoms with Crippen LogP contribution < -0.4 is 26.2 Å². The molecule has 0 spiro atoms. The fraction of sp³-hybridized carbons (Fsp3) is 0.469. The molecule has 2 aliphatic heterocycles. The summed E-state index contributed by atoms with van der Waals surface area (Å²) in [4.78, 5) is 58.3. The van der Waals surface area contributed by atoms with E-state index in [0.29, 0.717) is 72.7 Å². The van der Waals surface area contributed by atoms with Gasteiger partial charge in [-0.1, -0.05) is 61.1 Å². The minimum absolute atomic E-state index is 0.0925. The molecule has 2 aromatic carbocycles. The molecule has 0 bridgehead atoms. The zero-order valence-electron chi connectivity index (χ0n) is 26.4. The third-order valence-electron chi connectivity index (χ3n) is 8.44. The van der Waals surface area contributed by atoms with Crippen LogP contribution in [0.2, 0.25) is 15.1 Å². The number of rotatable bonds is 11. The van der Waals surface area contributed by atoms with Gasteiger partial charge in [-0.3, -0.25) is 19.2 Å². The van der Waals surface area contributed by atoms with Crippen molar-refractivity contribution in [3.63, 3.8) is 0 Å². The molecule has 254 valence electrons. The molecule has 0 saturated carbocycles. The van der Waals surface area contributed by atoms with E-state index in [-0.39, 0.29) is 35.9 Å². The fourth-order valence-corrected chi connectivity index (χ4v) is 6.33. The van der Waals surface area contributed by atoms with Gasteiger partial charge in [-0.25, -0.2) is 0 Å². The molecule has 0 unspecified atom stereocenters. The van der Waals surface area contributed by atoms with Gasteiger partial charge in [0.1, 0.15) is 12.1 Å². The fourth-order valence-electron chi connectivity index (χ4n) is 5.60. The molecule has 0 aromatic heterocycles. The number of hydrogen-bond acceptors (Lipinski definition) is 6. The molecule has 2 heterocycles. The summed E-state index contributed by atoms with van der Waals surface area (Å²) >= 11 is 23.7. The second-order valence-corrected chi connectivity index (χ2v) is 13.2. The predicted molar refractivity (Wildman–Crippen MR) is 190 cm³/mol. The van der Waals surface area contributed by atoms with Crippen molar-refractivity contribution in [3.05, 3.63) is 57.5 Å². The molecule has 2 aliphatic rings. The standard InChI is InChI=1S/C32H40Cl3N7O4S/c1-3-20(2)29(39-27(44)19-36-26(43)18-37-32(47)38-22-11-9-21(33)10-12-22)31(46)42-13-5-8-25(42)30(45)41-16-14-40(15-17-41)24-7-4-6-23(34)28(24)35/h4,6-7,9-12,20,25,29H,3,5,8,13-19H2,1-2H3,(H,36,43)(H,39,44)(H2,37,38,47)/t20-,25-,29-/m0/s1. The first-order valence-corrected chi connectivity index (χ1v) is 17.2. The lowest BCUT2D eigenvalue weighted by Gasteiger charge is -2.39. The molecule has 47 heavy (non-hydrogen) atoms. The zero-order valence-corrected chi connectivity index (χ0v) is 29.4. The quantitative estimate of drug-likeness (QED) is 0.257. The number of thiocarbonyl (C=S) groups is 1. The van der Waals surface area contributed by atoms with E-state index in [1.165, 1.54) is 0 Å². The summed E-state index contributed by atoms with van der Waals surface area (Å²) in [5, 5.41) is 12.9. The van der Waals surface area contributed by atoms with Crippen LogP contribution in [0.1, 0.15) is 33.1 Å². The van der Waals surface area contributed by atoms with Crippen LogP contribution in [0.25, 0.3) is 0 Å². The van der Waals surface area contributed by atoms with E-state index >= 15 is 0 Å². The van der Waals surface area contributed by atoms with Crippen LogP contribution in [0.5, 0.6) is 0 Å². The van der Waals surface area contributed by atoms with Crippen molar-refractivity contribution in [2.45, 2.75) is 45.2 Å². The van der Waals surface area contributed by atoms with Gasteiger partial charge >= 0.3 is 0 Å². The highest BCUT2D eigenvalue weighted by Gasteiger charge is 2.41. The summed E-state index contributed by atoms with van der Waals surface area (Å²) in [6.07, 6.45) is 1.88. The topological polar surface area (TPSA) is 126 Å². The first kappa shape index (κ1) is 36.5. The Morgan fingerprint density at radius 3 is 2.28 bits per heavy atom. The maximum Gasteiger partial charge on any atom is 0.246 e. The molecule has 2 aromatic rings. The summed E-state index contributed by atoms with van der Waals surface area (Å²) in [6.45, 7) is 5.93. The third-order valence-corrected chi connectivity index (χ3v) is 9.74. The van der Waals surface area contributed by atoms with Crippen LogP contribution in [-0.4, -0.2) is 96.4 Å². The van der Waals surface area contributed by atoms with Crippen LogP contribution in [0.4, 0.5) is 11.4 Å². The summed E-state index contributed by atoms with van der Waals surface area (Å²) in [5.74, 6) is -1.53. The number of hydrogen-bond donors (Lipinski definition) is 4. The lowest BCUT2D eigenvalue weighted by Crippen LogP contribution is -2.58. The molecule has 4 amide bonds. The number of carbonyl (C=O) groups is 4. The average Bonchev–Trinajstić information content (AvgIpc) is 3.57. The van der Waals surface area contributed by atoms with Crippen LogP contribution >= 0.6 is 47.0 Å². The zero-order chi connectivity index (χ0) is 34.1. The number of likely N-dealkylation sites (tertiary alicyclic amines) is 1. The molecule has 3 atom stereocenters. The van der Waals surface area contributed by atoms with Gasteiger partial charge in [0.25, 0.3) is 0 Å². The van der Waals surface area contributed by atoms with Crippen molar-refractivity contribution < 1.29 is 19.2 Å². The minimum atomic E-state index is -0.839. The van der Waals surface area contributed by atoms with Crippen molar-refractivity contribution in [2.75, 3.05) is 56.0 Å². The van der Waals surface area contributed by atoms with E-state index in [1.807, 2.05) is 26.0 Å². The van der Waals surface area contributed by atoms with Gasteiger partial charge in [0, 0.05) is 43.4 Å². The molecule has 2 saturated heterocycles. The monoisotopic (exact) mass is 723 g/mol. The summed E-state index contributed by atoms with van der Waals surface area (Å²) in [7, 11) is 0. The molecule has 4 N–H and O–H groups in total. The number of carbonyl (C=O) groups excluding carboxylic acids is 4. The number of nitrogens with zero attached hydrogens (tertiary/aromatic N) is 3. The Morgan fingerprint density at radius 2 is 1.60 bits per heavy atom. The van der Waals surface area contributed by atoms with E-state index in [9.17, 15) is 19.2 Å². The van der Waals surface area contributed by atoms with E-state index < -0.39 is 23.9 Å². The SMILES string of the molecule is CC[C@H](C)[C@H](NC(=O)CNC(=O)CNC(=S)Nc1ccc(Cl)cc1)C(=O)N1CCC[C@H]1C(=O)N1CCN(c2cccc(Cl)c2Cl)CC1. The van der Waals surface area contributed by atoms with Crippen LogP contribution in [0, 0.1) is 5.92 Å². The van der Waals surface area contributed by atoms with E-state index in [2.05, 4.69) is 26.2 Å². The smallest absolute Gasteiger partial charge is 0.246 e. The number of halogens is 3. The number of nitrogens with one attached hydrogen (secondary N) is 4. The van der Waals surface area contributed by atoms with Crippen molar-refractivity contribution in [1.29, 1.82) is 0 Å². The average molecular weight is 725 g/mol. The molecule has 2 fully saturated rings. The molecular weight excluding hydrogens is 685 g/mol. The van der Waals surface area contributed by atoms with Crippen molar-refractivity contribution in [3.8, 4) is 0 Å². The maximum absolute atomic E-state index is 13.8. The highest BCUT2D eigenvalue weighted by atomic mass is 35.5. The second-order valence-electron chi connectivity index (χ2n) is 11.6. The highest BCUT2D eigenvalue weighted by molar-refractivity contribution is 7.80. The summed E-state index contributed by atoms with van der Waals surface area (Å²) in [6, 6.07) is 11.0. The van der Waals surface area contributed by atoms with Crippen LogP contribution in [0.15, 0.2) is 42.5 Å². The number of benzene rings is 2. The molecule has 11 nitrogen and oxygen atoms in total. The minimum Gasteiger partial charge on any atom is -0.367 e. The highest BCUT2D eigenvalue weighted by Crippen LogP contribution is 2.33. The van der Waals surface area contributed by atoms with E-state index in [1.54, 1.807) is 40.1 Å². The Hall–Kier alpha value is -3.32. The Bertz CT molecular complexity index is 1460. The van der Waals surface area contributed by atoms with Gasteiger partial charge in [0.15, 0.2) is 5.11 Å². The Balaban J connectivity index is 1.27. The van der Waals surface area contributed by atoms with E-state index in [0.717, 1.165) is 5.69 Å². The van der Waals surface area contributed by atoms with Crippen molar-refractivity contribution >= 4 is 87.1 Å². The summed E-state index contributed by atoms with van der Waals surface area (Å²) < 4.78 is 0. The Morgan fingerprint density at radius 1 is 0.915 bits per heavy atom. The summed E-state index contributed by atoms with van der Waals surface area (Å²) in [5.41, 5.74) is 1.54. The first-order valence-electron chi connectivity index (χ1n) is 15.6. The normalized spacial score (nSPS) is 17.5. The predicted octanol–water partition coefficient (Wildman–Crippen LogP) is 3.92. The van der Waals surface area contributed by atoms with Crippen molar-refractivity contribution in [1.82, 2.24) is 25.8 Å². The lowest BCUT2D eigenvalue weighted by molar-refractivity contribution is -0.146. The number of amides is 4. The lowest BCUT2D eigenvalue weighted by atomic mass is 9.97. The second kappa shape index (κ2) is 17.2. The van der Waals surface area contributed by atoms with Gasteiger partial charge in [-0.05, 0) is 67.4 Å². The van der Waals surface area contributed by atoms with Crippen LogP contribution in [0.3, 0.4) is 0 Å². The van der Waals surface area contributed by atoms with E-state index in [4.69, 9.17) is 47.0 Å². The van der Waals surface area contributed by atoms with Crippen molar-refractivity contribution in [2.24, 2.45) is 5.92 Å². The number of anilines is 2. The maximum atomic E-state index is 13.8. The third kappa shape index (κ3) is 9.85. The first-order chi connectivity index (χ1) is 22.5. The number of piperazine rings is 1. The molecule has 0 aliphatic carbocycles. The van der Waals surface area contributed by atoms with Gasteiger partial charge in [-0.15, -0.1) is 0 Å². The molecular formula is C32H40Cl3N7O4S. The Labute approximate surface area is 295 Å². The van der Waals surface area contributed by atoms with Crippen LogP contribution in [-0.2, 0) is 19.2 Å². The van der Waals surface area contributed by atoms with Gasteiger partial charge in [-0.2, -0.15) is 0 Å². The largest absolute Gasteiger partial charge is 0.367 e. The van der Waals surface area contributed by atoms with Gasteiger partial charge in [0.2, 0.25) is 23.6 Å². The van der Waals surface area contributed by atoms with Gasteiger partial charge in [0.05, 0.1) is 28.8 Å². The van der Waals surface area contributed by atoms with Gasteiger partial charge < -0.3 is 36.0 Å². The Kier molecular flexibility index (Phi) is 13.4. The molecule has 4 rings (SSSR count). The molecule has 0 radical (unpaired) electrons. The molecule has 15 heteroatoms.